The molecular weight excluding hydrogens is 344 g/mol. The van der Waals surface area contributed by atoms with Crippen LogP contribution < -0.4 is 14.8 Å². The lowest BCUT2D eigenvalue weighted by molar-refractivity contribution is 0.140. The number of ether oxygens (including phenoxy) is 2. The molecule has 0 aromatic heterocycles. The Morgan fingerprint density at radius 3 is 2.45 bits per heavy atom. The fourth-order valence-electron chi connectivity index (χ4n) is 2.80. The average molecular weight is 369 g/mol. The highest BCUT2D eigenvalue weighted by molar-refractivity contribution is 9.10. The summed E-state index contributed by atoms with van der Waals surface area (Å²) in [5, 5.41) is 3.39. The molecule has 0 bridgehead atoms. The van der Waals surface area contributed by atoms with Crippen molar-refractivity contribution in [3.05, 3.63) is 22.2 Å². The van der Waals surface area contributed by atoms with E-state index in [4.69, 9.17) is 9.47 Å². The first-order valence-electron chi connectivity index (χ1n) is 8.05. The van der Waals surface area contributed by atoms with Crippen LogP contribution in [0.2, 0.25) is 0 Å². The largest absolute Gasteiger partial charge is 0.489 e. The molecule has 1 N–H and O–H groups in total. The van der Waals surface area contributed by atoms with Crippen molar-refractivity contribution >= 4 is 15.9 Å². The van der Waals surface area contributed by atoms with E-state index in [1.54, 1.807) is 0 Å². The van der Waals surface area contributed by atoms with Crippen molar-refractivity contribution in [2.45, 2.75) is 20.3 Å². The van der Waals surface area contributed by atoms with Crippen molar-refractivity contribution in [2.24, 2.45) is 5.41 Å². The van der Waals surface area contributed by atoms with Gasteiger partial charge in [0.15, 0.2) is 11.5 Å². The monoisotopic (exact) mass is 368 g/mol. The normalized spacial score (nSPS) is 21.4. The van der Waals surface area contributed by atoms with Gasteiger partial charge in [-0.3, -0.25) is 0 Å². The van der Waals surface area contributed by atoms with Crippen LogP contribution in [0.4, 0.5) is 0 Å². The third-order valence-corrected chi connectivity index (χ3v) is 4.99. The summed E-state index contributed by atoms with van der Waals surface area (Å²) in [6, 6.07) is 4.20. The summed E-state index contributed by atoms with van der Waals surface area (Å²) >= 11 is 3.69. The predicted octanol–water partition coefficient (Wildman–Crippen LogP) is 2.69. The summed E-state index contributed by atoms with van der Waals surface area (Å²) < 4.78 is 13.0. The Kier molecular flexibility index (Phi) is 4.95. The van der Waals surface area contributed by atoms with Crippen LogP contribution in [0.5, 0.6) is 11.5 Å². The van der Waals surface area contributed by atoms with Crippen molar-refractivity contribution in [2.75, 3.05) is 45.9 Å². The van der Waals surface area contributed by atoms with E-state index in [-0.39, 0.29) is 5.41 Å². The zero-order valence-electron chi connectivity index (χ0n) is 13.5. The summed E-state index contributed by atoms with van der Waals surface area (Å²) in [5.74, 6) is 1.73. The standard InChI is InChI=1S/C17H25BrN2O2/c1-17(2)11-21-15-9-13(14(18)10-16(15)22-12-17)3-6-20-7-4-19-5-8-20/h9-10,19H,3-8,11-12H2,1-2H3. The summed E-state index contributed by atoms with van der Waals surface area (Å²) in [7, 11) is 0. The van der Waals surface area contributed by atoms with E-state index in [2.05, 4.69) is 52.1 Å². The van der Waals surface area contributed by atoms with Gasteiger partial charge in [0.2, 0.25) is 0 Å². The molecule has 2 aliphatic rings. The average Bonchev–Trinajstić information content (AvgIpc) is 2.65. The van der Waals surface area contributed by atoms with Crippen molar-refractivity contribution < 1.29 is 9.47 Å². The van der Waals surface area contributed by atoms with E-state index >= 15 is 0 Å². The highest BCUT2D eigenvalue weighted by Crippen LogP contribution is 2.38. The molecule has 0 amide bonds. The summed E-state index contributed by atoms with van der Waals surface area (Å²) in [6.45, 7) is 11.3. The first kappa shape index (κ1) is 16.1. The van der Waals surface area contributed by atoms with Crippen LogP contribution in [0.15, 0.2) is 16.6 Å². The lowest BCUT2D eigenvalue weighted by atomic mass is 9.97. The molecule has 5 heteroatoms. The van der Waals surface area contributed by atoms with E-state index in [1.165, 1.54) is 5.56 Å². The Morgan fingerprint density at radius 2 is 1.77 bits per heavy atom. The second-order valence-corrected chi connectivity index (χ2v) is 7.83. The van der Waals surface area contributed by atoms with Crippen molar-refractivity contribution in [3.63, 3.8) is 0 Å². The number of halogens is 1. The fourth-order valence-corrected chi connectivity index (χ4v) is 3.32. The van der Waals surface area contributed by atoms with Crippen molar-refractivity contribution in [3.8, 4) is 11.5 Å². The van der Waals surface area contributed by atoms with Gasteiger partial charge in [-0.05, 0) is 24.1 Å². The second-order valence-electron chi connectivity index (χ2n) is 6.97. The van der Waals surface area contributed by atoms with E-state index < -0.39 is 0 Å². The van der Waals surface area contributed by atoms with Crippen molar-refractivity contribution in [1.29, 1.82) is 0 Å². The van der Waals surface area contributed by atoms with Crippen LogP contribution in [0.25, 0.3) is 0 Å². The van der Waals surface area contributed by atoms with Crippen LogP contribution >= 0.6 is 15.9 Å². The minimum absolute atomic E-state index is 0.0481. The highest BCUT2D eigenvalue weighted by atomic mass is 79.9. The van der Waals surface area contributed by atoms with Gasteiger partial charge in [-0.2, -0.15) is 0 Å². The molecule has 1 saturated heterocycles. The van der Waals surface area contributed by atoms with E-state index in [0.29, 0.717) is 13.2 Å². The topological polar surface area (TPSA) is 33.7 Å². The minimum Gasteiger partial charge on any atom is -0.489 e. The maximum absolute atomic E-state index is 5.98. The lowest BCUT2D eigenvalue weighted by Gasteiger charge is -2.27. The van der Waals surface area contributed by atoms with Crippen LogP contribution in [0.1, 0.15) is 19.4 Å². The third kappa shape index (κ3) is 3.94. The van der Waals surface area contributed by atoms with Gasteiger partial charge < -0.3 is 19.7 Å². The second kappa shape index (κ2) is 6.77. The zero-order chi connectivity index (χ0) is 15.6. The zero-order valence-corrected chi connectivity index (χ0v) is 15.0. The summed E-state index contributed by atoms with van der Waals surface area (Å²) in [6.07, 6.45) is 1.03. The van der Waals surface area contributed by atoms with E-state index in [9.17, 15) is 0 Å². The number of rotatable bonds is 3. The number of nitrogens with zero attached hydrogens (tertiary/aromatic N) is 1. The Bertz CT molecular complexity index is 528. The summed E-state index contributed by atoms with van der Waals surface area (Å²) in [5.41, 5.74) is 1.34. The molecule has 1 fully saturated rings. The number of hydrogen-bond acceptors (Lipinski definition) is 4. The Balaban J connectivity index is 1.69. The van der Waals surface area contributed by atoms with E-state index in [0.717, 1.165) is 55.1 Å². The minimum atomic E-state index is 0.0481. The number of nitrogens with one attached hydrogen (secondary N) is 1. The number of benzene rings is 1. The fraction of sp³-hybridized carbons (Fsp3) is 0.647. The molecule has 122 valence electrons. The van der Waals surface area contributed by atoms with Gasteiger partial charge in [0.25, 0.3) is 0 Å². The molecule has 0 atom stereocenters. The first-order valence-corrected chi connectivity index (χ1v) is 8.84. The van der Waals surface area contributed by atoms with Gasteiger partial charge in [-0.15, -0.1) is 0 Å². The van der Waals surface area contributed by atoms with Crippen LogP contribution in [-0.4, -0.2) is 50.8 Å². The van der Waals surface area contributed by atoms with E-state index in [1.807, 2.05) is 0 Å². The molecule has 22 heavy (non-hydrogen) atoms. The van der Waals surface area contributed by atoms with Crippen LogP contribution in [0, 0.1) is 5.41 Å². The Hall–Kier alpha value is -0.780. The molecule has 2 heterocycles. The Labute approximate surface area is 141 Å². The van der Waals surface area contributed by atoms with Gasteiger partial charge >= 0.3 is 0 Å². The number of fused-ring (bicyclic) bond motifs is 1. The molecule has 0 saturated carbocycles. The van der Waals surface area contributed by atoms with Gasteiger partial charge in [-0.25, -0.2) is 0 Å². The molecule has 0 radical (unpaired) electrons. The molecule has 0 unspecified atom stereocenters. The van der Waals surface area contributed by atoms with Crippen LogP contribution in [0.3, 0.4) is 0 Å². The van der Waals surface area contributed by atoms with Gasteiger partial charge in [0, 0.05) is 42.6 Å². The maximum Gasteiger partial charge on any atom is 0.162 e. The van der Waals surface area contributed by atoms with Crippen LogP contribution in [-0.2, 0) is 6.42 Å². The molecule has 1 aromatic rings. The number of piperazine rings is 1. The molecule has 4 nitrogen and oxygen atoms in total. The lowest BCUT2D eigenvalue weighted by Crippen LogP contribution is -2.44. The SMILES string of the molecule is CC1(C)COc2cc(Br)c(CCN3CCNCC3)cc2OC1. The smallest absolute Gasteiger partial charge is 0.162 e. The van der Waals surface area contributed by atoms with Gasteiger partial charge in [0.1, 0.15) is 0 Å². The van der Waals surface area contributed by atoms with Gasteiger partial charge in [-0.1, -0.05) is 29.8 Å². The molecular formula is C17H25BrN2O2. The molecule has 2 aliphatic heterocycles. The predicted molar refractivity (Wildman–Crippen MR) is 91.9 cm³/mol. The molecule has 1 aromatic carbocycles. The molecule has 3 rings (SSSR count). The first-order chi connectivity index (χ1) is 10.5. The van der Waals surface area contributed by atoms with Crippen molar-refractivity contribution in [1.82, 2.24) is 10.2 Å². The van der Waals surface area contributed by atoms with Gasteiger partial charge in [0.05, 0.1) is 13.2 Å². The third-order valence-electron chi connectivity index (χ3n) is 4.26. The Morgan fingerprint density at radius 1 is 1.14 bits per heavy atom. The maximum atomic E-state index is 5.98. The quantitative estimate of drug-likeness (QED) is 0.889. The highest BCUT2D eigenvalue weighted by Gasteiger charge is 2.26. The molecule has 0 aliphatic carbocycles. The number of hydrogen-bond donors (Lipinski definition) is 1. The summed E-state index contributed by atoms with van der Waals surface area (Å²) in [4.78, 5) is 2.51. The molecule has 0 spiro atoms.